The van der Waals surface area contributed by atoms with E-state index in [0.29, 0.717) is 0 Å². The Morgan fingerprint density at radius 1 is 0.931 bits per heavy atom. The number of rotatable bonds is 7. The Kier molecular flexibility index (Phi) is 7.08. The number of amides is 2. The first-order valence-electron chi connectivity index (χ1n) is 8.07. The number of nitrogens with zero attached hydrogens (tertiary/aromatic N) is 2. The van der Waals surface area contributed by atoms with Gasteiger partial charge in [0.25, 0.3) is 23.2 Å². The highest BCUT2D eigenvalue weighted by Crippen LogP contribution is 2.25. The third kappa shape index (κ3) is 5.62. The van der Waals surface area contributed by atoms with Gasteiger partial charge in [0.15, 0.2) is 0 Å². The minimum atomic E-state index is -0.661. The fourth-order valence-electron chi connectivity index (χ4n) is 2.30. The van der Waals surface area contributed by atoms with Gasteiger partial charge in [-0.15, -0.1) is 0 Å². The molecule has 0 saturated carbocycles. The smallest absolute Gasteiger partial charge is 0.287 e. The maximum absolute atomic E-state index is 12.2. The van der Waals surface area contributed by atoms with E-state index < -0.39 is 27.7 Å². The van der Waals surface area contributed by atoms with E-state index in [0.717, 1.165) is 12.1 Å². The van der Waals surface area contributed by atoms with E-state index in [1.807, 2.05) is 0 Å². The number of nitro groups is 2. The van der Waals surface area contributed by atoms with Crippen LogP contribution in [-0.2, 0) is 0 Å². The second-order valence-electron chi connectivity index (χ2n) is 5.93. The first-order chi connectivity index (χ1) is 13.6. The molecule has 12 heteroatoms. The molecule has 2 rings (SSSR count). The fraction of sp³-hybridized carbons (Fsp3) is 0.176. The van der Waals surface area contributed by atoms with Crippen molar-refractivity contribution in [3.05, 3.63) is 77.8 Å². The first kappa shape index (κ1) is 22.1. The Hall–Kier alpha value is -3.24. The van der Waals surface area contributed by atoms with Gasteiger partial charge in [-0.1, -0.05) is 23.2 Å². The van der Waals surface area contributed by atoms with Gasteiger partial charge in [-0.05, 0) is 31.2 Å². The van der Waals surface area contributed by atoms with E-state index in [9.17, 15) is 29.8 Å². The largest absolute Gasteiger partial charge is 0.350 e. The van der Waals surface area contributed by atoms with Crippen LogP contribution in [0, 0.1) is 20.2 Å². The van der Waals surface area contributed by atoms with Crippen molar-refractivity contribution in [3.63, 3.8) is 0 Å². The van der Waals surface area contributed by atoms with E-state index in [1.165, 1.54) is 24.3 Å². The topological polar surface area (TPSA) is 144 Å². The third-order valence-corrected chi connectivity index (χ3v) is 4.36. The van der Waals surface area contributed by atoms with Crippen molar-refractivity contribution in [2.24, 2.45) is 0 Å². The molecule has 2 amide bonds. The average molecular weight is 441 g/mol. The molecule has 2 N–H and O–H groups in total. The van der Waals surface area contributed by atoms with Gasteiger partial charge in [0, 0.05) is 35.8 Å². The van der Waals surface area contributed by atoms with Gasteiger partial charge in [-0.2, -0.15) is 0 Å². The number of hydrogen-bond acceptors (Lipinski definition) is 6. The Bertz CT molecular complexity index is 998. The first-order valence-corrected chi connectivity index (χ1v) is 8.82. The van der Waals surface area contributed by atoms with Gasteiger partial charge in [-0.3, -0.25) is 29.8 Å². The summed E-state index contributed by atoms with van der Waals surface area (Å²) in [5.74, 6) is -1.05. The summed E-state index contributed by atoms with van der Waals surface area (Å²) in [5, 5.41) is 26.4. The van der Waals surface area contributed by atoms with Gasteiger partial charge in [-0.25, -0.2) is 0 Å². The molecule has 0 aromatic heterocycles. The molecule has 1 unspecified atom stereocenters. The van der Waals surface area contributed by atoms with Crippen LogP contribution in [0.2, 0.25) is 10.0 Å². The van der Waals surface area contributed by atoms with E-state index in [2.05, 4.69) is 10.6 Å². The number of nitro benzene ring substituents is 2. The molecule has 0 aliphatic rings. The molecule has 29 heavy (non-hydrogen) atoms. The lowest BCUT2D eigenvalue weighted by Crippen LogP contribution is -2.41. The molecule has 10 nitrogen and oxygen atoms in total. The standard InChI is InChI=1S/C17H14Cl2N4O6/c1-9(21-17(25)11-3-5-15(23(28)29)13(19)7-11)8-20-16(24)10-2-4-14(22(26)27)12(18)6-10/h2-7,9H,8H2,1H3,(H,20,24)(H,21,25). The second-order valence-corrected chi connectivity index (χ2v) is 6.75. The average Bonchev–Trinajstić information content (AvgIpc) is 2.65. The summed E-state index contributed by atoms with van der Waals surface area (Å²) in [6.45, 7) is 1.69. The van der Waals surface area contributed by atoms with Crippen molar-refractivity contribution < 1.29 is 19.4 Å². The molecular formula is C17H14Cl2N4O6. The summed E-state index contributed by atoms with van der Waals surface area (Å²) in [7, 11) is 0. The van der Waals surface area contributed by atoms with Gasteiger partial charge in [0.2, 0.25) is 0 Å². The van der Waals surface area contributed by atoms with Crippen LogP contribution in [0.15, 0.2) is 36.4 Å². The Morgan fingerprint density at radius 2 is 1.38 bits per heavy atom. The van der Waals surface area contributed by atoms with E-state index >= 15 is 0 Å². The van der Waals surface area contributed by atoms with E-state index in [1.54, 1.807) is 6.92 Å². The van der Waals surface area contributed by atoms with Crippen LogP contribution >= 0.6 is 23.2 Å². The fourth-order valence-corrected chi connectivity index (χ4v) is 2.80. The Labute approximate surface area is 174 Å². The summed E-state index contributed by atoms with van der Waals surface area (Å²) in [6.07, 6.45) is 0. The normalized spacial score (nSPS) is 11.4. The van der Waals surface area contributed by atoms with Crippen molar-refractivity contribution in [2.45, 2.75) is 13.0 Å². The zero-order valence-corrected chi connectivity index (χ0v) is 16.4. The molecule has 0 radical (unpaired) electrons. The molecule has 2 aromatic rings. The van der Waals surface area contributed by atoms with Crippen molar-refractivity contribution in [1.82, 2.24) is 10.6 Å². The van der Waals surface area contributed by atoms with Gasteiger partial charge in [0.1, 0.15) is 10.0 Å². The predicted octanol–water partition coefficient (Wildman–Crippen LogP) is 3.36. The van der Waals surface area contributed by atoms with Gasteiger partial charge < -0.3 is 10.6 Å². The van der Waals surface area contributed by atoms with Crippen LogP contribution in [0.4, 0.5) is 11.4 Å². The summed E-state index contributed by atoms with van der Waals surface area (Å²) >= 11 is 11.6. The quantitative estimate of drug-likeness (QED) is 0.498. The molecule has 0 aliphatic carbocycles. The van der Waals surface area contributed by atoms with Crippen LogP contribution in [0.5, 0.6) is 0 Å². The maximum atomic E-state index is 12.2. The molecule has 0 aliphatic heterocycles. The SMILES string of the molecule is CC(CNC(=O)c1ccc([N+](=O)[O-])c(Cl)c1)NC(=O)c1ccc([N+](=O)[O-])c(Cl)c1. The highest BCUT2D eigenvalue weighted by Gasteiger charge is 2.18. The molecule has 2 aromatic carbocycles. The molecular weight excluding hydrogens is 427 g/mol. The number of nitrogens with one attached hydrogen (secondary N) is 2. The summed E-state index contributed by atoms with van der Waals surface area (Å²) in [6, 6.07) is 6.65. The number of benzene rings is 2. The van der Waals surface area contributed by atoms with Crippen LogP contribution in [0.25, 0.3) is 0 Å². The van der Waals surface area contributed by atoms with Crippen LogP contribution in [-0.4, -0.2) is 34.2 Å². The Morgan fingerprint density at radius 3 is 1.79 bits per heavy atom. The highest BCUT2D eigenvalue weighted by atomic mass is 35.5. The second kappa shape index (κ2) is 9.30. The summed E-state index contributed by atoms with van der Waals surface area (Å²) in [4.78, 5) is 44.6. The zero-order chi connectivity index (χ0) is 21.7. The number of carbonyl (C=O) groups is 2. The lowest BCUT2D eigenvalue weighted by molar-refractivity contribution is -0.384. The number of halogens is 2. The van der Waals surface area contributed by atoms with E-state index in [-0.39, 0.29) is 39.1 Å². The molecule has 0 spiro atoms. The monoisotopic (exact) mass is 440 g/mol. The highest BCUT2D eigenvalue weighted by molar-refractivity contribution is 6.33. The molecule has 0 heterocycles. The van der Waals surface area contributed by atoms with Crippen molar-refractivity contribution in [1.29, 1.82) is 0 Å². The lowest BCUT2D eigenvalue weighted by Gasteiger charge is -2.15. The Balaban J connectivity index is 1.94. The van der Waals surface area contributed by atoms with Crippen LogP contribution in [0.3, 0.4) is 0 Å². The number of carbonyl (C=O) groups excluding carboxylic acids is 2. The molecule has 0 bridgehead atoms. The third-order valence-electron chi connectivity index (χ3n) is 3.76. The maximum Gasteiger partial charge on any atom is 0.287 e. The van der Waals surface area contributed by atoms with Crippen LogP contribution < -0.4 is 10.6 Å². The summed E-state index contributed by atoms with van der Waals surface area (Å²) in [5.41, 5.74) is -0.377. The summed E-state index contributed by atoms with van der Waals surface area (Å²) < 4.78 is 0. The molecule has 1 atom stereocenters. The van der Waals surface area contributed by atoms with E-state index in [4.69, 9.17) is 23.2 Å². The van der Waals surface area contributed by atoms with Crippen molar-refractivity contribution in [2.75, 3.05) is 6.54 Å². The lowest BCUT2D eigenvalue weighted by atomic mass is 10.1. The van der Waals surface area contributed by atoms with Crippen LogP contribution in [0.1, 0.15) is 27.6 Å². The zero-order valence-electron chi connectivity index (χ0n) is 14.8. The van der Waals surface area contributed by atoms with Crippen molar-refractivity contribution >= 4 is 46.4 Å². The van der Waals surface area contributed by atoms with Crippen molar-refractivity contribution in [3.8, 4) is 0 Å². The number of hydrogen-bond donors (Lipinski definition) is 2. The molecule has 0 fully saturated rings. The minimum Gasteiger partial charge on any atom is -0.350 e. The molecule has 152 valence electrons. The minimum absolute atomic E-state index is 0.0554. The molecule has 0 saturated heterocycles. The predicted molar refractivity (Wildman–Crippen MR) is 105 cm³/mol. The van der Waals surface area contributed by atoms with Gasteiger partial charge in [0.05, 0.1) is 9.85 Å². The van der Waals surface area contributed by atoms with Gasteiger partial charge >= 0.3 is 0 Å².